The van der Waals surface area contributed by atoms with Gasteiger partial charge in [-0.15, -0.1) is 35.3 Å². The lowest BCUT2D eigenvalue weighted by Crippen LogP contribution is -2.69. The van der Waals surface area contributed by atoms with Gasteiger partial charge in [-0.25, -0.2) is 0 Å². The van der Waals surface area contributed by atoms with Gasteiger partial charge in [-0.1, -0.05) is 279 Å². The molecule has 11 rings (SSSR count). The average Bonchev–Trinajstić information content (AvgIpc) is 1.74. The van der Waals surface area contributed by atoms with Crippen molar-refractivity contribution in [3.05, 3.63) is 249 Å². The van der Waals surface area contributed by atoms with Gasteiger partial charge in [0.1, 0.15) is 34.5 Å². The molecule has 6 unspecified atom stereocenters. The molecule has 0 spiro atoms. The van der Waals surface area contributed by atoms with Gasteiger partial charge in [-0.2, -0.15) is 0 Å². The number of carbonyl (C=O) groups is 3. The molecule has 0 saturated carbocycles. The highest BCUT2D eigenvalue weighted by Crippen LogP contribution is 2.44. The van der Waals surface area contributed by atoms with Crippen LogP contribution in [-0.2, 0) is 37.0 Å². The quantitative estimate of drug-likeness (QED) is 0.0134. The van der Waals surface area contributed by atoms with E-state index in [9.17, 15) is 30.1 Å². The second-order valence-electron chi connectivity index (χ2n) is 30.4. The van der Waals surface area contributed by atoms with E-state index in [4.69, 9.17) is 49.0 Å². The van der Waals surface area contributed by atoms with Crippen LogP contribution in [0.15, 0.2) is 222 Å². The lowest BCUT2D eigenvalue weighted by molar-refractivity contribution is -0.169. The first-order chi connectivity index (χ1) is 52.1. The topological polar surface area (TPSA) is 332 Å². The van der Waals surface area contributed by atoms with Gasteiger partial charge in [0.05, 0.1) is 79.6 Å². The molecule has 7 aromatic carbocycles. The van der Waals surface area contributed by atoms with E-state index in [0.29, 0.717) is 0 Å². The molecule has 0 aliphatic carbocycles. The van der Waals surface area contributed by atoms with Crippen LogP contribution < -0.4 is 36.9 Å². The fourth-order valence-electron chi connectivity index (χ4n) is 15.6. The van der Waals surface area contributed by atoms with Crippen molar-refractivity contribution < 1.29 is 56.8 Å². The Morgan fingerprint density at radius 2 is 0.743 bits per heavy atom. The number of nitrogens with two attached hydrogens (primary N) is 1. The molecule has 4 N–H and O–H groups in total. The molecular formula is C80H101N11O12S3Si3. The van der Waals surface area contributed by atoms with Gasteiger partial charge in [-0.3, -0.25) is 19.3 Å². The third-order valence-electron chi connectivity index (χ3n) is 20.7. The van der Waals surface area contributed by atoms with Gasteiger partial charge in [0.15, 0.2) is 0 Å². The summed E-state index contributed by atoms with van der Waals surface area (Å²) < 4.78 is 45.9. The number of rotatable bonds is 23. The number of aliphatic hydroxyl groups excluding tert-OH is 2. The molecule has 109 heavy (non-hydrogen) atoms. The fraction of sp³-hybridized carbons (Fsp3) is 0.438. The van der Waals surface area contributed by atoms with Crippen LogP contribution in [0.1, 0.15) is 96.9 Å². The number of azide groups is 3. The average molecular weight is 1590 g/mol. The van der Waals surface area contributed by atoms with E-state index in [2.05, 4.69) is 165 Å². The van der Waals surface area contributed by atoms with Crippen molar-refractivity contribution in [1.29, 1.82) is 0 Å². The first kappa shape index (κ1) is 85.4. The van der Waals surface area contributed by atoms with Crippen LogP contribution in [0.5, 0.6) is 0 Å². The summed E-state index contributed by atoms with van der Waals surface area (Å²) in [6, 6.07) is 63.7. The van der Waals surface area contributed by atoms with Gasteiger partial charge < -0.3 is 48.2 Å². The summed E-state index contributed by atoms with van der Waals surface area (Å²) >= 11 is 4.25. The maximum atomic E-state index is 13.6. The van der Waals surface area contributed by atoms with Gasteiger partial charge in [0.2, 0.25) is 0 Å². The molecule has 29 heteroatoms. The largest absolute Gasteiger partial charge is 0.460 e. The summed E-state index contributed by atoms with van der Waals surface area (Å²) in [4.78, 5) is 49.8. The predicted octanol–water partition coefficient (Wildman–Crippen LogP) is 12.3. The molecule has 4 aliphatic heterocycles. The molecular weight excluding hydrogens is 1490 g/mol. The monoisotopic (exact) mass is 1590 g/mol. The van der Waals surface area contributed by atoms with Crippen LogP contribution in [0.2, 0.25) is 15.1 Å². The summed E-state index contributed by atoms with van der Waals surface area (Å²) in [5.74, 6) is -1.85. The van der Waals surface area contributed by atoms with E-state index < -0.39 is 120 Å². The Morgan fingerprint density at radius 3 is 1.04 bits per heavy atom. The Labute approximate surface area is 655 Å². The minimum atomic E-state index is -3.03. The van der Waals surface area contributed by atoms with E-state index >= 15 is 0 Å². The van der Waals surface area contributed by atoms with Crippen molar-refractivity contribution in [3.63, 3.8) is 0 Å². The number of nitrogens with zero attached hydrogens (tertiary/aromatic N) is 10. The number of fused-ring (bicyclic) bond motifs is 1. The summed E-state index contributed by atoms with van der Waals surface area (Å²) in [5.41, 5.74) is 33.1. The summed E-state index contributed by atoms with van der Waals surface area (Å²) in [6.07, 6.45) is 0.641. The molecule has 23 nitrogen and oxygen atoms in total. The summed E-state index contributed by atoms with van der Waals surface area (Å²) in [6.45, 7) is 23.3. The normalized spacial score (nSPS) is 25.1. The highest BCUT2D eigenvalue weighted by Gasteiger charge is 2.58. The minimum Gasteiger partial charge on any atom is -0.460 e. The van der Waals surface area contributed by atoms with Crippen LogP contribution in [0.25, 0.3) is 31.3 Å². The number of amides is 2. The number of carbonyl (C=O) groups excluding carboxylic acids is 3. The van der Waals surface area contributed by atoms with Gasteiger partial charge >= 0.3 is 5.97 Å². The van der Waals surface area contributed by atoms with Gasteiger partial charge in [-0.05, 0) is 93.7 Å². The number of hydrogen-bond donors (Lipinski definition) is 3. The fourth-order valence-corrected chi connectivity index (χ4v) is 31.7. The van der Waals surface area contributed by atoms with Crippen molar-refractivity contribution in [2.75, 3.05) is 38.6 Å². The molecule has 578 valence electrons. The first-order valence-electron chi connectivity index (χ1n) is 36.2. The minimum absolute atomic E-state index is 0.000626. The molecule has 4 aliphatic rings. The van der Waals surface area contributed by atoms with Gasteiger partial charge in [0, 0.05) is 27.6 Å². The van der Waals surface area contributed by atoms with Crippen LogP contribution in [0.3, 0.4) is 0 Å². The Bertz CT molecular complexity index is 3990. The second-order valence-corrected chi connectivity index (χ2v) is 46.1. The SMILES string of the molecule is CS[C@@H]1OC(CO[Si](c2ccccc2)(c2ccccc2)C(C)(C)C)[C@H](N=[N+]=[N-])[C@H](O)C1C.CS[C@@H]1OC(CO[Si](c2ccccc2)(c2ccccc2)C(C)(C)C)[C@H](N=[N+]=[N-])[C@H](O)C1N.CS[C@@H]1OC(CO[Si](c2ccccc2)(c2ccccc2)C(C)(C)C)[C@H](N=[N+]=[N-])[C@H](OC(C)=O)C1N1C(=O)c2ccccc2C1=O. The molecule has 0 radical (unpaired) electrons. The third-order valence-corrected chi connectivity index (χ3v) is 38.5. The Morgan fingerprint density at radius 1 is 0.468 bits per heavy atom. The molecule has 3 fully saturated rings. The number of ether oxygens (including phenoxy) is 4. The number of esters is 1. The number of imide groups is 1. The second kappa shape index (κ2) is 37.6. The van der Waals surface area contributed by atoms with E-state index in [1.807, 2.05) is 129 Å². The van der Waals surface area contributed by atoms with Crippen LogP contribution in [0, 0.1) is 5.92 Å². The number of benzene rings is 7. The molecule has 3 saturated heterocycles. The zero-order valence-corrected chi connectivity index (χ0v) is 69.6. The predicted molar refractivity (Wildman–Crippen MR) is 441 cm³/mol. The van der Waals surface area contributed by atoms with Crippen LogP contribution in [-0.4, -0.2) is 180 Å². The maximum Gasteiger partial charge on any atom is 0.302 e. The first-order valence-corrected chi connectivity index (χ1v) is 45.8. The van der Waals surface area contributed by atoms with Crippen molar-refractivity contribution >= 4 is 109 Å². The van der Waals surface area contributed by atoms with Crippen molar-refractivity contribution in [2.45, 2.75) is 174 Å². The van der Waals surface area contributed by atoms with Crippen molar-refractivity contribution in [1.82, 2.24) is 4.90 Å². The number of aliphatic hydroxyl groups is 2. The summed E-state index contributed by atoms with van der Waals surface area (Å²) in [5, 5.41) is 39.4. The van der Waals surface area contributed by atoms with E-state index in [-0.39, 0.29) is 57.4 Å². The van der Waals surface area contributed by atoms with Crippen LogP contribution in [0.4, 0.5) is 0 Å². The number of thioether (sulfide) groups is 3. The Balaban J connectivity index is 0.000000193. The lowest BCUT2D eigenvalue weighted by atomic mass is 9.92. The zero-order chi connectivity index (χ0) is 79.1. The Hall–Kier alpha value is -7.58. The molecule has 2 amide bonds. The van der Waals surface area contributed by atoms with Crippen LogP contribution >= 0.6 is 35.3 Å². The molecule has 15 atom stereocenters. The standard InChI is InChI=1S/C33H36N4O6SSi.C24H33N3O3SSi.C23H32N4O3SSi/c1-21(38)42-29-27(35-36-34)26(43-32(44-5)28(29)37-30(39)24-18-12-13-19-25(24)31(37)40)20-41-45(33(2,3)4,22-14-8-6-9-15-22)23-16-10-7-11-17-23;1-17-22(28)21(26-27-25)20(30-23(17)31-5)16-29-32(24(2,3)4,18-12-8-6-9-13-18)19-14-10-7-11-15-19;1-23(2,3)32(16-11-7-5-8-12-16,17-13-9-6-10-14-17)29-15-18-20(26-27-25)21(28)19(24)22(30-18)31-4/h6-19,26-29,32H,20H2,1-5H3;6-15,17,20-23,28H,16H2,1-5H3;5-14,18-22,28H,15,24H2,1-4H3/t26?,27-,28?,29-,32-;17?,20?,21-,22+,23-;18?,19?,20-,21+,22-/m000/s1. The molecule has 7 aromatic rings. The lowest BCUT2D eigenvalue weighted by Gasteiger charge is -2.48. The third kappa shape index (κ3) is 18.2. The molecule has 0 bridgehead atoms. The zero-order valence-electron chi connectivity index (χ0n) is 64.2. The maximum absolute atomic E-state index is 13.6. The number of hydrogen-bond acceptors (Lipinski definition) is 19. The summed E-state index contributed by atoms with van der Waals surface area (Å²) in [7, 11) is -8.58. The van der Waals surface area contributed by atoms with Crippen molar-refractivity contribution in [2.24, 2.45) is 27.0 Å². The smallest absolute Gasteiger partial charge is 0.302 e. The van der Waals surface area contributed by atoms with E-state index in [1.54, 1.807) is 42.3 Å². The van der Waals surface area contributed by atoms with Crippen molar-refractivity contribution in [3.8, 4) is 0 Å². The molecule has 0 aromatic heterocycles. The van der Waals surface area contributed by atoms with Gasteiger partial charge in [0.25, 0.3) is 36.8 Å². The van der Waals surface area contributed by atoms with E-state index in [1.165, 1.54) is 40.8 Å². The molecule has 4 heterocycles. The highest BCUT2D eigenvalue weighted by molar-refractivity contribution is 7.99. The highest BCUT2D eigenvalue weighted by atomic mass is 32.2. The Kier molecular flexibility index (Phi) is 29.5. The van der Waals surface area contributed by atoms with E-state index in [0.717, 1.165) is 25.6 Å².